The average Bonchev–Trinajstić information content (AvgIpc) is 3.45. The van der Waals surface area contributed by atoms with E-state index in [0.29, 0.717) is 0 Å². The Morgan fingerprint density at radius 2 is 1.90 bits per heavy atom. The fraction of sp³-hybridized carbons (Fsp3) is 0.364. The van der Waals surface area contributed by atoms with Crippen LogP contribution in [0.25, 0.3) is 21.3 Å². The van der Waals surface area contributed by atoms with Crippen molar-refractivity contribution in [3.05, 3.63) is 53.9 Å². The zero-order valence-corrected chi connectivity index (χ0v) is 17.7. The van der Waals surface area contributed by atoms with Crippen molar-refractivity contribution in [2.75, 3.05) is 25.0 Å². The van der Waals surface area contributed by atoms with Crippen LogP contribution in [-0.4, -0.2) is 49.5 Å². The first-order valence-electron chi connectivity index (χ1n) is 10.5. The van der Waals surface area contributed by atoms with Crippen molar-refractivity contribution in [3.63, 3.8) is 0 Å². The fourth-order valence-electron chi connectivity index (χ4n) is 3.97. The van der Waals surface area contributed by atoms with Gasteiger partial charge in [0, 0.05) is 23.7 Å². The maximum absolute atomic E-state index is 4.97. The first-order chi connectivity index (χ1) is 14.9. The maximum atomic E-state index is 4.97. The number of fused-ring (bicyclic) bond motifs is 1. The van der Waals surface area contributed by atoms with Crippen molar-refractivity contribution in [1.29, 1.82) is 0 Å². The number of hydrogen-bond donors (Lipinski definition) is 1. The first kappa shape index (κ1) is 19.1. The van der Waals surface area contributed by atoms with Crippen LogP contribution in [0.2, 0.25) is 0 Å². The molecule has 1 fully saturated rings. The molecule has 1 saturated heterocycles. The van der Waals surface area contributed by atoms with Gasteiger partial charge >= 0.3 is 0 Å². The number of hydrogen-bond acceptors (Lipinski definition) is 7. The number of aromatic nitrogens is 5. The van der Waals surface area contributed by atoms with Crippen LogP contribution in [-0.2, 0) is 13.1 Å². The molecule has 8 heteroatoms. The summed E-state index contributed by atoms with van der Waals surface area (Å²) >= 11 is 1.69. The van der Waals surface area contributed by atoms with E-state index in [4.69, 9.17) is 9.97 Å². The van der Waals surface area contributed by atoms with Gasteiger partial charge in [-0.05, 0) is 31.5 Å². The number of rotatable bonds is 7. The molecule has 154 valence electrons. The van der Waals surface area contributed by atoms with E-state index < -0.39 is 0 Å². The van der Waals surface area contributed by atoms with Crippen molar-refractivity contribution in [3.8, 4) is 11.1 Å². The fourth-order valence-corrected chi connectivity index (χ4v) is 4.94. The van der Waals surface area contributed by atoms with Gasteiger partial charge in [0.15, 0.2) is 0 Å². The smallest absolute Gasteiger partial charge is 0.146 e. The number of anilines is 1. The summed E-state index contributed by atoms with van der Waals surface area (Å²) in [6.07, 6.45) is 7.44. The van der Waals surface area contributed by atoms with Crippen LogP contribution in [0.1, 0.15) is 25.1 Å². The summed E-state index contributed by atoms with van der Waals surface area (Å²) in [5, 5.41) is 14.8. The molecule has 0 unspecified atom stereocenters. The molecular weight excluding hydrogens is 394 g/mol. The molecule has 0 bridgehead atoms. The van der Waals surface area contributed by atoms with Crippen molar-refractivity contribution >= 4 is 27.4 Å². The van der Waals surface area contributed by atoms with Gasteiger partial charge in [-0.1, -0.05) is 42.0 Å². The standard InChI is InChI=1S/C22H25N7S/c1-3-7-17(8-4-1)18-16-30-22-20(18)21(23-9-13-29-14-10-24-27-29)25-19(26-22)15-28-11-5-2-6-12-28/h1,3-4,7-8,10,14,16H,2,5-6,9,11-13,15H2,(H,23,25,26). The topological polar surface area (TPSA) is 71.8 Å². The Morgan fingerprint density at radius 1 is 1.03 bits per heavy atom. The molecule has 0 atom stereocenters. The van der Waals surface area contributed by atoms with E-state index in [1.54, 1.807) is 17.5 Å². The Hall–Kier alpha value is -2.84. The van der Waals surface area contributed by atoms with E-state index in [1.165, 1.54) is 30.4 Å². The highest BCUT2D eigenvalue weighted by atomic mass is 32.1. The van der Waals surface area contributed by atoms with Crippen molar-refractivity contribution < 1.29 is 0 Å². The highest BCUT2D eigenvalue weighted by Crippen LogP contribution is 2.37. The van der Waals surface area contributed by atoms with E-state index in [-0.39, 0.29) is 0 Å². The van der Waals surface area contributed by atoms with Crippen LogP contribution >= 0.6 is 11.3 Å². The molecule has 0 radical (unpaired) electrons. The van der Waals surface area contributed by atoms with E-state index in [9.17, 15) is 0 Å². The van der Waals surface area contributed by atoms with Crippen LogP contribution in [0.5, 0.6) is 0 Å². The molecule has 7 nitrogen and oxygen atoms in total. The molecule has 1 aliphatic rings. The molecule has 5 rings (SSSR count). The van der Waals surface area contributed by atoms with E-state index in [2.05, 4.69) is 50.2 Å². The van der Waals surface area contributed by atoms with Gasteiger partial charge in [0.25, 0.3) is 0 Å². The average molecular weight is 420 g/mol. The lowest BCUT2D eigenvalue weighted by molar-refractivity contribution is 0.216. The largest absolute Gasteiger partial charge is 0.368 e. The van der Waals surface area contributed by atoms with Crippen molar-refractivity contribution in [1.82, 2.24) is 29.9 Å². The summed E-state index contributed by atoms with van der Waals surface area (Å²) < 4.78 is 1.83. The summed E-state index contributed by atoms with van der Waals surface area (Å²) in [4.78, 5) is 13.4. The van der Waals surface area contributed by atoms with Gasteiger partial charge in [0.05, 0.1) is 24.7 Å². The number of piperidine rings is 1. The number of benzene rings is 1. The van der Waals surface area contributed by atoms with Gasteiger partial charge in [-0.3, -0.25) is 9.58 Å². The monoisotopic (exact) mass is 419 g/mol. The SMILES string of the molecule is c1ccc(-c2csc3nc(CN4CCCCC4)nc(NCCn4ccnn4)c23)cc1. The Balaban J connectivity index is 1.47. The normalized spacial score (nSPS) is 14.9. The molecule has 0 saturated carbocycles. The second-order valence-electron chi connectivity index (χ2n) is 7.61. The molecule has 1 aliphatic heterocycles. The van der Waals surface area contributed by atoms with E-state index >= 15 is 0 Å². The second kappa shape index (κ2) is 8.89. The lowest BCUT2D eigenvalue weighted by atomic mass is 10.1. The lowest BCUT2D eigenvalue weighted by Crippen LogP contribution is -2.30. The third-order valence-electron chi connectivity index (χ3n) is 5.48. The lowest BCUT2D eigenvalue weighted by Gasteiger charge is -2.25. The maximum Gasteiger partial charge on any atom is 0.146 e. The summed E-state index contributed by atoms with van der Waals surface area (Å²) in [5.74, 6) is 1.81. The molecule has 1 aromatic carbocycles. The quantitative estimate of drug-likeness (QED) is 0.487. The third-order valence-corrected chi connectivity index (χ3v) is 6.36. The number of nitrogens with one attached hydrogen (secondary N) is 1. The Morgan fingerprint density at radius 3 is 2.70 bits per heavy atom. The predicted molar refractivity (Wildman–Crippen MR) is 120 cm³/mol. The Bertz CT molecular complexity index is 1090. The van der Waals surface area contributed by atoms with Crippen LogP contribution in [0.3, 0.4) is 0 Å². The van der Waals surface area contributed by atoms with Gasteiger partial charge in [0.1, 0.15) is 16.5 Å². The number of nitrogens with zero attached hydrogens (tertiary/aromatic N) is 6. The van der Waals surface area contributed by atoms with Gasteiger partial charge in [-0.2, -0.15) is 0 Å². The van der Waals surface area contributed by atoms with Crippen molar-refractivity contribution in [2.45, 2.75) is 32.4 Å². The molecule has 0 spiro atoms. The summed E-state index contributed by atoms with van der Waals surface area (Å²) in [7, 11) is 0. The molecule has 4 aromatic rings. The van der Waals surface area contributed by atoms with Gasteiger partial charge < -0.3 is 5.32 Å². The van der Waals surface area contributed by atoms with Crippen LogP contribution < -0.4 is 5.32 Å². The van der Waals surface area contributed by atoms with Gasteiger partial charge in [-0.15, -0.1) is 16.4 Å². The predicted octanol–water partition coefficient (Wildman–Crippen LogP) is 4.05. The van der Waals surface area contributed by atoms with Crippen LogP contribution in [0.4, 0.5) is 5.82 Å². The molecule has 1 N–H and O–H groups in total. The molecule has 30 heavy (non-hydrogen) atoms. The third kappa shape index (κ3) is 4.20. The molecule has 4 heterocycles. The summed E-state index contributed by atoms with van der Waals surface area (Å²) in [5.41, 5.74) is 2.37. The molecule has 3 aromatic heterocycles. The van der Waals surface area contributed by atoms with Crippen LogP contribution in [0.15, 0.2) is 48.1 Å². The Kier molecular flexibility index (Phi) is 5.67. The van der Waals surface area contributed by atoms with Crippen molar-refractivity contribution in [2.24, 2.45) is 0 Å². The second-order valence-corrected chi connectivity index (χ2v) is 8.47. The minimum atomic E-state index is 0.725. The molecule has 0 aliphatic carbocycles. The van der Waals surface area contributed by atoms with Crippen LogP contribution in [0, 0.1) is 0 Å². The number of likely N-dealkylation sites (tertiary alicyclic amines) is 1. The first-order valence-corrected chi connectivity index (χ1v) is 11.4. The zero-order valence-electron chi connectivity index (χ0n) is 16.9. The summed E-state index contributed by atoms with van der Waals surface area (Å²) in [6, 6.07) is 10.5. The van der Waals surface area contributed by atoms with Gasteiger partial charge in [-0.25, -0.2) is 9.97 Å². The van der Waals surface area contributed by atoms with Gasteiger partial charge in [0.2, 0.25) is 0 Å². The highest BCUT2D eigenvalue weighted by Gasteiger charge is 2.18. The highest BCUT2D eigenvalue weighted by molar-refractivity contribution is 7.17. The number of thiophene rings is 1. The minimum Gasteiger partial charge on any atom is -0.368 e. The zero-order chi connectivity index (χ0) is 20.2. The molecular formula is C22H25N7S. The Labute approximate surface area is 179 Å². The van der Waals surface area contributed by atoms with E-state index in [1.807, 2.05) is 16.9 Å². The van der Waals surface area contributed by atoms with E-state index in [0.717, 1.165) is 54.6 Å². The molecule has 0 amide bonds. The summed E-state index contributed by atoms with van der Waals surface area (Å²) in [6.45, 7) is 4.54. The minimum absolute atomic E-state index is 0.725.